The Labute approximate surface area is 158 Å². The van der Waals surface area contributed by atoms with Crippen LogP contribution in [-0.4, -0.2) is 63.5 Å². The van der Waals surface area contributed by atoms with E-state index in [1.54, 1.807) is 19.2 Å². The predicted octanol–water partition coefficient (Wildman–Crippen LogP) is -0.391. The molecule has 2 rings (SSSR count). The lowest BCUT2D eigenvalue weighted by molar-refractivity contribution is -0.672. The van der Waals surface area contributed by atoms with Crippen molar-refractivity contribution in [3.05, 3.63) is 28.6 Å². The fraction of sp³-hybridized carbons (Fsp3) is 0.588. The highest BCUT2D eigenvalue weighted by atomic mass is 16.5. The van der Waals surface area contributed by atoms with Crippen LogP contribution in [0.4, 0.5) is 5.95 Å². The lowest BCUT2D eigenvalue weighted by atomic mass is 10.3. The van der Waals surface area contributed by atoms with E-state index in [2.05, 4.69) is 15.3 Å². The zero-order valence-electron chi connectivity index (χ0n) is 15.9. The van der Waals surface area contributed by atoms with Crippen LogP contribution in [0.2, 0.25) is 0 Å². The molecular formula is C17H28N6O4. The van der Waals surface area contributed by atoms with E-state index in [0.29, 0.717) is 41.6 Å². The summed E-state index contributed by atoms with van der Waals surface area (Å²) < 4.78 is 11.0. The molecule has 0 aliphatic heterocycles. The molecule has 0 bridgehead atoms. The highest BCUT2D eigenvalue weighted by Gasteiger charge is 2.20. The van der Waals surface area contributed by atoms with Gasteiger partial charge >= 0.3 is 11.5 Å². The number of nitrogens with two attached hydrogens (primary N) is 1. The first-order valence-electron chi connectivity index (χ1n) is 8.98. The number of hydrogen-bond acceptors (Lipinski definition) is 8. The summed E-state index contributed by atoms with van der Waals surface area (Å²) in [7, 11) is 3.60. The Morgan fingerprint density at radius 2 is 1.96 bits per heavy atom. The molecule has 0 radical (unpaired) electrons. The standard InChI is InChI=1S/C17H28N6O4/c1-21(9-3-7-18)10-4-8-19-17-20-23(25)16-13-14(27-12-11-26-2)5-6-15(16)22(17)24/h5-6,13H,3-4,7-12,18H2,1-2H3,(H,19,20). The number of aromatic nitrogens is 3. The number of anilines is 1. The molecule has 0 atom stereocenters. The second-order valence-electron chi connectivity index (χ2n) is 6.21. The van der Waals surface area contributed by atoms with Gasteiger partial charge in [-0.15, -0.1) is 0 Å². The highest BCUT2D eigenvalue weighted by molar-refractivity contribution is 5.70. The maximum absolute atomic E-state index is 12.5. The van der Waals surface area contributed by atoms with E-state index in [0.717, 1.165) is 25.9 Å². The Morgan fingerprint density at radius 3 is 2.70 bits per heavy atom. The number of nitrogens with one attached hydrogen (secondary N) is 1. The molecule has 0 aliphatic rings. The Bertz CT molecular complexity index is 730. The second kappa shape index (κ2) is 10.7. The van der Waals surface area contributed by atoms with Gasteiger partial charge in [-0.25, -0.2) is 4.73 Å². The molecule has 10 heteroatoms. The van der Waals surface area contributed by atoms with Gasteiger partial charge in [-0.05, 0) is 45.1 Å². The van der Waals surface area contributed by atoms with Crippen LogP contribution in [0.15, 0.2) is 18.2 Å². The molecule has 0 saturated carbocycles. The summed E-state index contributed by atoms with van der Waals surface area (Å²) in [6, 6.07) is 4.69. The van der Waals surface area contributed by atoms with Gasteiger partial charge in [0.15, 0.2) is 5.52 Å². The third-order valence-electron chi connectivity index (χ3n) is 4.05. The van der Waals surface area contributed by atoms with Gasteiger partial charge in [-0.1, -0.05) is 0 Å². The Hall–Kier alpha value is -2.43. The molecule has 1 heterocycles. The van der Waals surface area contributed by atoms with Crippen molar-refractivity contribution in [3.63, 3.8) is 0 Å². The number of hydrogen-bond donors (Lipinski definition) is 2. The van der Waals surface area contributed by atoms with Gasteiger partial charge in [-0.2, -0.15) is 0 Å². The lowest BCUT2D eigenvalue weighted by Crippen LogP contribution is -2.44. The molecule has 10 nitrogen and oxygen atoms in total. The molecule has 0 aliphatic carbocycles. The van der Waals surface area contributed by atoms with E-state index in [1.165, 1.54) is 6.07 Å². The summed E-state index contributed by atoms with van der Waals surface area (Å²) in [6.45, 7) is 3.78. The van der Waals surface area contributed by atoms with Gasteiger partial charge in [0.2, 0.25) is 5.10 Å². The largest absolute Gasteiger partial charge is 0.739 e. The van der Waals surface area contributed by atoms with Crippen molar-refractivity contribution in [1.29, 1.82) is 0 Å². The summed E-state index contributed by atoms with van der Waals surface area (Å²) in [6.07, 6.45) is 1.76. The van der Waals surface area contributed by atoms with Crippen molar-refractivity contribution in [3.8, 4) is 5.75 Å². The smallest absolute Gasteiger partial charge is 0.460 e. The first-order valence-corrected chi connectivity index (χ1v) is 8.98. The molecule has 0 unspecified atom stereocenters. The van der Waals surface area contributed by atoms with E-state index in [1.807, 2.05) is 7.05 Å². The molecule has 0 amide bonds. The van der Waals surface area contributed by atoms with Crippen molar-refractivity contribution in [1.82, 2.24) is 10.00 Å². The molecule has 0 saturated heterocycles. The van der Waals surface area contributed by atoms with Crippen LogP contribution in [0.1, 0.15) is 12.8 Å². The predicted molar refractivity (Wildman–Crippen MR) is 101 cm³/mol. The molecule has 0 spiro atoms. The van der Waals surface area contributed by atoms with Crippen molar-refractivity contribution < 1.29 is 19.0 Å². The summed E-state index contributed by atoms with van der Waals surface area (Å²) >= 11 is 0. The van der Waals surface area contributed by atoms with E-state index < -0.39 is 0 Å². The van der Waals surface area contributed by atoms with Crippen LogP contribution in [0.5, 0.6) is 5.75 Å². The minimum absolute atomic E-state index is 0.0184. The summed E-state index contributed by atoms with van der Waals surface area (Å²) in [5, 5.41) is 31.4. The van der Waals surface area contributed by atoms with Crippen molar-refractivity contribution >= 4 is 17.0 Å². The third-order valence-corrected chi connectivity index (χ3v) is 4.05. The second-order valence-corrected chi connectivity index (χ2v) is 6.21. The van der Waals surface area contributed by atoms with Crippen LogP contribution < -0.4 is 25.4 Å². The molecule has 27 heavy (non-hydrogen) atoms. The lowest BCUT2D eigenvalue weighted by Gasteiger charge is -2.15. The number of ether oxygens (including phenoxy) is 2. The summed E-state index contributed by atoms with van der Waals surface area (Å²) in [4.78, 5) is 2.61. The number of nitrogens with zero attached hydrogens (tertiary/aromatic N) is 4. The Kier molecular flexibility index (Phi) is 8.24. The normalized spacial score (nSPS) is 11.3. The summed E-state index contributed by atoms with van der Waals surface area (Å²) in [5.41, 5.74) is 5.86. The first kappa shape index (κ1) is 20.9. The molecule has 0 fully saturated rings. The first-order chi connectivity index (χ1) is 13.1. The van der Waals surface area contributed by atoms with Gasteiger partial charge in [0.1, 0.15) is 12.4 Å². The number of methoxy groups -OCH3 is 1. The number of benzene rings is 1. The average Bonchev–Trinajstić information content (AvgIpc) is 2.67. The van der Waals surface area contributed by atoms with Gasteiger partial charge < -0.3 is 30.5 Å². The topological polar surface area (TPSA) is 127 Å². The fourth-order valence-electron chi connectivity index (χ4n) is 2.58. The van der Waals surface area contributed by atoms with Crippen LogP contribution in [0.25, 0.3) is 11.0 Å². The Morgan fingerprint density at radius 1 is 1.19 bits per heavy atom. The van der Waals surface area contributed by atoms with E-state index in [4.69, 9.17) is 15.2 Å². The van der Waals surface area contributed by atoms with Crippen LogP contribution in [-0.2, 0) is 4.74 Å². The van der Waals surface area contributed by atoms with Gasteiger partial charge in [0.05, 0.1) is 19.2 Å². The Balaban J connectivity index is 2.00. The van der Waals surface area contributed by atoms with E-state index in [9.17, 15) is 10.4 Å². The van der Waals surface area contributed by atoms with Crippen LogP contribution in [0, 0.1) is 10.4 Å². The van der Waals surface area contributed by atoms with Crippen LogP contribution >= 0.6 is 0 Å². The van der Waals surface area contributed by atoms with Gasteiger partial charge in [-0.3, -0.25) is 5.32 Å². The number of fused-ring (bicyclic) bond motifs is 1. The number of rotatable bonds is 12. The zero-order chi connectivity index (χ0) is 19.6. The summed E-state index contributed by atoms with van der Waals surface area (Å²) in [5.74, 6) is 0.460. The van der Waals surface area contributed by atoms with Crippen molar-refractivity contribution in [2.45, 2.75) is 12.8 Å². The fourth-order valence-corrected chi connectivity index (χ4v) is 2.58. The van der Waals surface area contributed by atoms with E-state index in [-0.39, 0.29) is 17.0 Å². The van der Waals surface area contributed by atoms with Crippen molar-refractivity contribution in [2.75, 3.05) is 58.9 Å². The molecule has 3 N–H and O–H groups in total. The zero-order valence-corrected chi connectivity index (χ0v) is 15.9. The highest BCUT2D eigenvalue weighted by Crippen LogP contribution is 2.16. The third kappa shape index (κ3) is 6.05. The maximum Gasteiger partial charge on any atom is 0.460 e. The van der Waals surface area contributed by atoms with Gasteiger partial charge in [0.25, 0.3) is 0 Å². The minimum atomic E-state index is -0.0184. The molecule has 1 aromatic heterocycles. The van der Waals surface area contributed by atoms with E-state index >= 15 is 0 Å². The van der Waals surface area contributed by atoms with Crippen molar-refractivity contribution in [2.24, 2.45) is 5.73 Å². The minimum Gasteiger partial charge on any atom is -0.739 e. The van der Waals surface area contributed by atoms with Gasteiger partial charge in [0, 0.05) is 18.5 Å². The maximum atomic E-state index is 12.5. The molecule has 1 aromatic carbocycles. The molecule has 150 valence electrons. The monoisotopic (exact) mass is 380 g/mol. The molecular weight excluding hydrogens is 352 g/mol. The molecule has 2 aromatic rings. The quantitative estimate of drug-likeness (QED) is 0.290. The SMILES string of the molecule is COCCOc1ccc2c(c1)[n+]([O-])nc(NCCCN(C)CCCN)[n+]2[O-]. The van der Waals surface area contributed by atoms with Crippen LogP contribution in [0.3, 0.4) is 0 Å². The average molecular weight is 380 g/mol.